The standard InChI is InChI=1S/C21H20F3N3O2/c1-3-29-20(28)18(19(26)15-9-7-14(12-25)8-10-15)13(2)27-17-6-4-5-16(11-17)21(22,23)24/h4-11,19,27H,3,26H2,1-2H3/b18-13+. The van der Waals surface area contributed by atoms with Gasteiger partial charge in [-0.15, -0.1) is 0 Å². The summed E-state index contributed by atoms with van der Waals surface area (Å²) in [6.07, 6.45) is -4.49. The number of esters is 1. The fourth-order valence-electron chi connectivity index (χ4n) is 2.71. The van der Waals surface area contributed by atoms with E-state index in [0.29, 0.717) is 11.1 Å². The molecule has 1 unspecified atom stereocenters. The third-order valence-electron chi connectivity index (χ3n) is 4.13. The minimum atomic E-state index is -4.49. The Hall–Kier alpha value is -3.31. The lowest BCUT2D eigenvalue weighted by atomic mass is 9.97. The van der Waals surface area contributed by atoms with Crippen LogP contribution in [-0.2, 0) is 15.7 Å². The van der Waals surface area contributed by atoms with Gasteiger partial charge in [0.05, 0.1) is 35.4 Å². The molecule has 29 heavy (non-hydrogen) atoms. The van der Waals surface area contributed by atoms with Crippen molar-refractivity contribution in [1.29, 1.82) is 5.26 Å². The van der Waals surface area contributed by atoms with Crippen LogP contribution in [-0.4, -0.2) is 12.6 Å². The average molecular weight is 403 g/mol. The Balaban J connectivity index is 2.43. The van der Waals surface area contributed by atoms with E-state index in [1.54, 1.807) is 31.2 Å². The van der Waals surface area contributed by atoms with Gasteiger partial charge in [-0.25, -0.2) is 4.79 Å². The van der Waals surface area contributed by atoms with Gasteiger partial charge >= 0.3 is 12.1 Å². The van der Waals surface area contributed by atoms with Crippen molar-refractivity contribution < 1.29 is 22.7 Å². The Kier molecular flexibility index (Phi) is 7.02. The average Bonchev–Trinajstić information content (AvgIpc) is 2.68. The Morgan fingerprint density at radius 1 is 1.24 bits per heavy atom. The number of allylic oxidation sites excluding steroid dienone is 1. The van der Waals surface area contributed by atoms with Gasteiger partial charge < -0.3 is 15.8 Å². The zero-order valence-electron chi connectivity index (χ0n) is 15.9. The molecule has 152 valence electrons. The lowest BCUT2D eigenvalue weighted by Crippen LogP contribution is -2.24. The Morgan fingerprint density at radius 2 is 1.90 bits per heavy atom. The minimum absolute atomic E-state index is 0.0777. The van der Waals surface area contributed by atoms with Gasteiger partial charge in [0.25, 0.3) is 0 Å². The number of halogens is 3. The molecule has 0 aliphatic heterocycles. The fourth-order valence-corrected chi connectivity index (χ4v) is 2.71. The summed E-state index contributed by atoms with van der Waals surface area (Å²) in [5, 5.41) is 11.7. The van der Waals surface area contributed by atoms with Crippen LogP contribution in [0.5, 0.6) is 0 Å². The molecule has 0 radical (unpaired) electrons. The summed E-state index contributed by atoms with van der Waals surface area (Å²) in [5.74, 6) is -0.679. The molecule has 0 heterocycles. The van der Waals surface area contributed by atoms with Gasteiger partial charge in [0.15, 0.2) is 0 Å². The van der Waals surface area contributed by atoms with Gasteiger partial charge in [-0.05, 0) is 49.7 Å². The summed E-state index contributed by atoms with van der Waals surface area (Å²) in [6.45, 7) is 3.29. The van der Waals surface area contributed by atoms with E-state index in [-0.39, 0.29) is 23.6 Å². The molecular weight excluding hydrogens is 383 g/mol. The Labute approximate surface area is 166 Å². The number of anilines is 1. The van der Waals surface area contributed by atoms with Crippen LogP contribution in [0.3, 0.4) is 0 Å². The maximum atomic E-state index is 12.9. The van der Waals surface area contributed by atoms with E-state index >= 15 is 0 Å². The smallest absolute Gasteiger partial charge is 0.416 e. The maximum absolute atomic E-state index is 12.9. The van der Waals surface area contributed by atoms with Crippen molar-refractivity contribution in [2.24, 2.45) is 5.73 Å². The SMILES string of the molecule is CCOC(=O)/C(=C(\C)Nc1cccc(C(F)(F)F)c1)C(N)c1ccc(C#N)cc1. The van der Waals surface area contributed by atoms with Crippen molar-refractivity contribution in [3.63, 3.8) is 0 Å². The lowest BCUT2D eigenvalue weighted by Gasteiger charge is -2.20. The number of nitrogens with two attached hydrogens (primary N) is 1. The van der Waals surface area contributed by atoms with Crippen LogP contribution in [0.25, 0.3) is 0 Å². The van der Waals surface area contributed by atoms with Crippen LogP contribution in [0.4, 0.5) is 18.9 Å². The summed E-state index contributed by atoms with van der Waals surface area (Å²) in [5.41, 5.74) is 6.92. The molecule has 0 spiro atoms. The van der Waals surface area contributed by atoms with Gasteiger partial charge in [0.1, 0.15) is 0 Å². The van der Waals surface area contributed by atoms with Crippen molar-refractivity contribution in [2.45, 2.75) is 26.1 Å². The highest BCUT2D eigenvalue weighted by Gasteiger charge is 2.30. The second kappa shape index (κ2) is 9.26. The van der Waals surface area contributed by atoms with Gasteiger partial charge in [-0.3, -0.25) is 0 Å². The number of nitriles is 1. The summed E-state index contributed by atoms with van der Waals surface area (Å²) in [7, 11) is 0. The lowest BCUT2D eigenvalue weighted by molar-refractivity contribution is -0.139. The first-order chi connectivity index (χ1) is 13.7. The van der Waals surface area contributed by atoms with E-state index in [1.807, 2.05) is 6.07 Å². The summed E-state index contributed by atoms with van der Waals surface area (Å²) in [6, 6.07) is 12.1. The number of benzene rings is 2. The first kappa shape index (κ1) is 22.0. The van der Waals surface area contributed by atoms with Crippen molar-refractivity contribution >= 4 is 11.7 Å². The zero-order valence-corrected chi connectivity index (χ0v) is 15.9. The first-order valence-electron chi connectivity index (χ1n) is 8.75. The van der Waals surface area contributed by atoms with Gasteiger partial charge in [0, 0.05) is 11.4 Å². The number of hydrogen-bond acceptors (Lipinski definition) is 5. The number of alkyl halides is 3. The predicted octanol–water partition coefficient (Wildman–Crippen LogP) is 4.53. The van der Waals surface area contributed by atoms with Crippen LogP contribution in [0.15, 0.2) is 59.8 Å². The number of rotatable bonds is 6. The molecule has 3 N–H and O–H groups in total. The molecule has 5 nitrogen and oxygen atoms in total. The molecular formula is C21H20F3N3O2. The van der Waals surface area contributed by atoms with E-state index in [0.717, 1.165) is 12.1 Å². The quantitative estimate of drug-likeness (QED) is 0.547. The van der Waals surface area contributed by atoms with Crippen molar-refractivity contribution in [1.82, 2.24) is 0 Å². The van der Waals surface area contributed by atoms with Crippen molar-refractivity contribution in [3.05, 3.63) is 76.5 Å². The van der Waals surface area contributed by atoms with Crippen LogP contribution < -0.4 is 11.1 Å². The van der Waals surface area contributed by atoms with E-state index < -0.39 is 23.8 Å². The molecule has 2 rings (SSSR count). The number of hydrogen-bond donors (Lipinski definition) is 2. The van der Waals surface area contributed by atoms with Gasteiger partial charge in [0.2, 0.25) is 0 Å². The molecule has 0 aromatic heterocycles. The van der Waals surface area contributed by atoms with E-state index in [9.17, 15) is 18.0 Å². The molecule has 8 heteroatoms. The number of nitrogens with one attached hydrogen (secondary N) is 1. The van der Waals surface area contributed by atoms with E-state index in [4.69, 9.17) is 15.7 Å². The normalized spacial score (nSPS) is 13.1. The number of carbonyl (C=O) groups is 1. The molecule has 0 amide bonds. The monoisotopic (exact) mass is 403 g/mol. The minimum Gasteiger partial charge on any atom is -0.463 e. The Bertz CT molecular complexity index is 945. The van der Waals surface area contributed by atoms with E-state index in [2.05, 4.69) is 5.32 Å². The largest absolute Gasteiger partial charge is 0.463 e. The van der Waals surface area contributed by atoms with E-state index in [1.165, 1.54) is 19.1 Å². The van der Waals surface area contributed by atoms with Gasteiger partial charge in [-0.1, -0.05) is 18.2 Å². The molecule has 2 aromatic rings. The topological polar surface area (TPSA) is 88.1 Å². The van der Waals surface area contributed by atoms with Gasteiger partial charge in [-0.2, -0.15) is 18.4 Å². The predicted molar refractivity (Wildman–Crippen MR) is 102 cm³/mol. The molecule has 0 aliphatic rings. The Morgan fingerprint density at radius 3 is 2.45 bits per heavy atom. The molecule has 1 atom stereocenters. The number of ether oxygens (including phenoxy) is 1. The highest BCUT2D eigenvalue weighted by molar-refractivity contribution is 5.91. The third-order valence-corrected chi connectivity index (χ3v) is 4.13. The molecule has 0 aliphatic carbocycles. The summed E-state index contributed by atoms with van der Waals surface area (Å²) < 4.78 is 43.9. The summed E-state index contributed by atoms with van der Waals surface area (Å²) >= 11 is 0. The highest BCUT2D eigenvalue weighted by Crippen LogP contribution is 2.31. The summed E-state index contributed by atoms with van der Waals surface area (Å²) in [4.78, 5) is 12.5. The molecule has 2 aromatic carbocycles. The second-order valence-electron chi connectivity index (χ2n) is 6.17. The fraction of sp³-hybridized carbons (Fsp3) is 0.238. The first-order valence-corrected chi connectivity index (χ1v) is 8.75. The highest BCUT2D eigenvalue weighted by atomic mass is 19.4. The van der Waals surface area contributed by atoms with Crippen molar-refractivity contribution in [3.8, 4) is 6.07 Å². The molecule has 0 saturated carbocycles. The van der Waals surface area contributed by atoms with Crippen LogP contribution in [0, 0.1) is 11.3 Å². The third kappa shape index (κ3) is 5.59. The molecule has 0 fully saturated rings. The molecule has 0 bridgehead atoms. The van der Waals surface area contributed by atoms with Crippen molar-refractivity contribution in [2.75, 3.05) is 11.9 Å². The molecule has 0 saturated heterocycles. The number of nitrogens with zero attached hydrogens (tertiary/aromatic N) is 1. The number of carbonyl (C=O) groups excluding carboxylic acids is 1. The van der Waals surface area contributed by atoms with Crippen LogP contribution in [0.2, 0.25) is 0 Å². The van der Waals surface area contributed by atoms with Crippen LogP contribution in [0.1, 0.15) is 36.6 Å². The van der Waals surface area contributed by atoms with Crippen LogP contribution >= 0.6 is 0 Å². The second-order valence-corrected chi connectivity index (χ2v) is 6.17. The maximum Gasteiger partial charge on any atom is 0.416 e. The zero-order chi connectivity index (χ0) is 21.6.